The van der Waals surface area contributed by atoms with Crippen LogP contribution < -0.4 is 0 Å². The van der Waals surface area contributed by atoms with E-state index in [0.717, 1.165) is 33.5 Å². The van der Waals surface area contributed by atoms with Gasteiger partial charge in [0.15, 0.2) is 0 Å². The largest absolute Gasteiger partial charge is 0.507 e. The van der Waals surface area contributed by atoms with Crippen molar-refractivity contribution in [2.24, 2.45) is 4.99 Å². The quantitative estimate of drug-likeness (QED) is 0.508. The molecule has 1 aliphatic rings. The lowest BCUT2D eigenvalue weighted by atomic mass is 10.0. The predicted octanol–water partition coefficient (Wildman–Crippen LogP) is 5.18. The number of aliphatic imine (C=N–C) groups is 1. The zero-order chi connectivity index (χ0) is 15.8. The first-order valence-electron chi connectivity index (χ1n) is 7.50. The maximum absolute atomic E-state index is 10.7. The van der Waals surface area contributed by atoms with Gasteiger partial charge in [-0.2, -0.15) is 0 Å². The van der Waals surface area contributed by atoms with Crippen LogP contribution in [0.15, 0.2) is 78.3 Å². The normalized spacial score (nSPS) is 12.4. The SMILES string of the molecule is C=C1c2ccccc2-c2c1ccc(C=Nc1ccccc1)c2O. The van der Waals surface area contributed by atoms with Crippen molar-refractivity contribution in [3.05, 3.63) is 90.0 Å². The van der Waals surface area contributed by atoms with E-state index < -0.39 is 0 Å². The van der Waals surface area contributed by atoms with E-state index in [4.69, 9.17) is 0 Å². The molecule has 23 heavy (non-hydrogen) atoms. The molecule has 0 aromatic heterocycles. The van der Waals surface area contributed by atoms with Crippen molar-refractivity contribution in [3.63, 3.8) is 0 Å². The van der Waals surface area contributed by atoms with Crippen LogP contribution in [0, 0.1) is 0 Å². The van der Waals surface area contributed by atoms with Crippen LogP contribution in [0.25, 0.3) is 16.7 Å². The van der Waals surface area contributed by atoms with E-state index in [1.165, 1.54) is 0 Å². The number of fused-ring (bicyclic) bond motifs is 3. The summed E-state index contributed by atoms with van der Waals surface area (Å²) in [6.07, 6.45) is 1.70. The van der Waals surface area contributed by atoms with Crippen molar-refractivity contribution in [3.8, 4) is 16.9 Å². The molecular formula is C21H15NO. The molecule has 0 amide bonds. The van der Waals surface area contributed by atoms with E-state index in [1.807, 2.05) is 66.7 Å². The van der Waals surface area contributed by atoms with E-state index >= 15 is 0 Å². The van der Waals surface area contributed by atoms with Crippen molar-refractivity contribution in [2.75, 3.05) is 0 Å². The van der Waals surface area contributed by atoms with Crippen LogP contribution >= 0.6 is 0 Å². The molecule has 3 aromatic carbocycles. The molecule has 0 unspecified atom stereocenters. The fraction of sp³-hybridized carbons (Fsp3) is 0. The van der Waals surface area contributed by atoms with Gasteiger partial charge in [0, 0.05) is 17.3 Å². The number of aromatic hydroxyl groups is 1. The van der Waals surface area contributed by atoms with Crippen LogP contribution in [-0.4, -0.2) is 11.3 Å². The molecule has 1 aliphatic carbocycles. The van der Waals surface area contributed by atoms with Crippen LogP contribution in [0.5, 0.6) is 5.75 Å². The molecule has 2 nitrogen and oxygen atoms in total. The number of para-hydroxylation sites is 1. The molecule has 0 atom stereocenters. The van der Waals surface area contributed by atoms with Gasteiger partial charge in [-0.3, -0.25) is 4.99 Å². The average molecular weight is 297 g/mol. The Morgan fingerprint density at radius 2 is 1.48 bits per heavy atom. The number of hydrogen-bond acceptors (Lipinski definition) is 2. The molecule has 2 heteroatoms. The van der Waals surface area contributed by atoms with Gasteiger partial charge in [-0.15, -0.1) is 0 Å². The Bertz CT molecular complexity index is 939. The fourth-order valence-corrected chi connectivity index (χ4v) is 3.00. The molecule has 0 spiro atoms. The van der Waals surface area contributed by atoms with E-state index in [-0.39, 0.29) is 5.75 Å². The van der Waals surface area contributed by atoms with Gasteiger partial charge in [0.05, 0.1) is 5.69 Å². The Kier molecular flexibility index (Phi) is 3.09. The van der Waals surface area contributed by atoms with Crippen molar-refractivity contribution in [1.29, 1.82) is 0 Å². The summed E-state index contributed by atoms with van der Waals surface area (Å²) < 4.78 is 0. The highest BCUT2D eigenvalue weighted by Gasteiger charge is 2.25. The van der Waals surface area contributed by atoms with Gasteiger partial charge < -0.3 is 5.11 Å². The monoisotopic (exact) mass is 297 g/mol. The summed E-state index contributed by atoms with van der Waals surface area (Å²) >= 11 is 0. The lowest BCUT2D eigenvalue weighted by Crippen LogP contribution is -1.87. The van der Waals surface area contributed by atoms with Crippen LogP contribution in [0.2, 0.25) is 0 Å². The van der Waals surface area contributed by atoms with Crippen LogP contribution in [0.3, 0.4) is 0 Å². The Morgan fingerprint density at radius 3 is 2.26 bits per heavy atom. The highest BCUT2D eigenvalue weighted by Crippen LogP contribution is 2.48. The van der Waals surface area contributed by atoms with Gasteiger partial charge >= 0.3 is 0 Å². The summed E-state index contributed by atoms with van der Waals surface area (Å²) in [5.74, 6) is 0.258. The molecule has 0 radical (unpaired) electrons. The highest BCUT2D eigenvalue weighted by atomic mass is 16.3. The topological polar surface area (TPSA) is 32.6 Å². The smallest absolute Gasteiger partial charge is 0.132 e. The van der Waals surface area contributed by atoms with Crippen LogP contribution in [-0.2, 0) is 0 Å². The number of phenols is 1. The molecule has 0 fully saturated rings. The van der Waals surface area contributed by atoms with Gasteiger partial charge in [0.1, 0.15) is 5.75 Å². The third-order valence-corrected chi connectivity index (χ3v) is 4.16. The minimum atomic E-state index is 0.258. The fourth-order valence-electron chi connectivity index (χ4n) is 3.00. The predicted molar refractivity (Wildman–Crippen MR) is 95.4 cm³/mol. The highest BCUT2D eigenvalue weighted by molar-refractivity contribution is 6.05. The zero-order valence-corrected chi connectivity index (χ0v) is 12.5. The summed E-state index contributed by atoms with van der Waals surface area (Å²) in [6.45, 7) is 4.16. The first-order valence-corrected chi connectivity index (χ1v) is 7.50. The van der Waals surface area contributed by atoms with Gasteiger partial charge in [0.25, 0.3) is 0 Å². The minimum absolute atomic E-state index is 0.258. The Balaban J connectivity index is 1.82. The third-order valence-electron chi connectivity index (χ3n) is 4.16. The Hall–Kier alpha value is -3.13. The molecule has 0 heterocycles. The molecular weight excluding hydrogens is 282 g/mol. The summed E-state index contributed by atoms with van der Waals surface area (Å²) in [4.78, 5) is 4.43. The van der Waals surface area contributed by atoms with Crippen molar-refractivity contribution >= 4 is 17.5 Å². The maximum atomic E-state index is 10.7. The second-order valence-corrected chi connectivity index (χ2v) is 5.54. The number of hydrogen-bond donors (Lipinski definition) is 1. The summed E-state index contributed by atoms with van der Waals surface area (Å²) in [5.41, 5.74) is 6.46. The standard InChI is InChI=1S/C21H15NO/c1-14-17-9-5-6-10-19(17)20-18(14)12-11-15(21(20)23)13-22-16-7-3-2-4-8-16/h2-13,23H,1H2. The van der Waals surface area contributed by atoms with Gasteiger partial charge in [-0.25, -0.2) is 0 Å². The molecule has 0 saturated carbocycles. The molecule has 3 aromatic rings. The molecule has 110 valence electrons. The van der Waals surface area contributed by atoms with Crippen LogP contribution in [0.1, 0.15) is 16.7 Å². The molecule has 4 rings (SSSR count). The molecule has 1 N–H and O–H groups in total. The second kappa shape index (κ2) is 5.25. The minimum Gasteiger partial charge on any atom is -0.507 e. The van der Waals surface area contributed by atoms with E-state index in [1.54, 1.807) is 6.21 Å². The number of phenolic OH excluding ortho intramolecular Hbond substituents is 1. The van der Waals surface area contributed by atoms with Gasteiger partial charge in [-0.1, -0.05) is 55.1 Å². The maximum Gasteiger partial charge on any atom is 0.132 e. The second-order valence-electron chi connectivity index (χ2n) is 5.54. The van der Waals surface area contributed by atoms with Crippen molar-refractivity contribution in [2.45, 2.75) is 0 Å². The number of rotatable bonds is 2. The summed E-state index contributed by atoms with van der Waals surface area (Å²) in [7, 11) is 0. The Labute approximate surface area is 135 Å². The third kappa shape index (κ3) is 2.16. The number of benzene rings is 3. The molecule has 0 bridgehead atoms. The van der Waals surface area contributed by atoms with E-state index in [0.29, 0.717) is 5.56 Å². The van der Waals surface area contributed by atoms with Gasteiger partial charge in [-0.05, 0) is 40.5 Å². The lowest BCUT2D eigenvalue weighted by Gasteiger charge is -2.07. The zero-order valence-electron chi connectivity index (χ0n) is 12.5. The Morgan fingerprint density at radius 1 is 0.783 bits per heavy atom. The van der Waals surface area contributed by atoms with Crippen molar-refractivity contribution in [1.82, 2.24) is 0 Å². The average Bonchev–Trinajstić information content (AvgIpc) is 2.89. The van der Waals surface area contributed by atoms with E-state index in [9.17, 15) is 5.11 Å². The van der Waals surface area contributed by atoms with E-state index in [2.05, 4.69) is 11.6 Å². The van der Waals surface area contributed by atoms with Crippen molar-refractivity contribution < 1.29 is 5.11 Å². The van der Waals surface area contributed by atoms with Crippen LogP contribution in [0.4, 0.5) is 5.69 Å². The molecule has 0 aliphatic heterocycles. The lowest BCUT2D eigenvalue weighted by molar-refractivity contribution is 0.476. The first kappa shape index (κ1) is 13.5. The summed E-state index contributed by atoms with van der Waals surface area (Å²) in [5, 5.41) is 10.7. The number of nitrogens with zero attached hydrogens (tertiary/aromatic N) is 1. The van der Waals surface area contributed by atoms with Gasteiger partial charge in [0.2, 0.25) is 0 Å². The molecule has 0 saturated heterocycles. The summed E-state index contributed by atoms with van der Waals surface area (Å²) in [6, 6.07) is 21.6. The first-order chi connectivity index (χ1) is 11.3.